The predicted octanol–water partition coefficient (Wildman–Crippen LogP) is 3.01. The van der Waals surface area contributed by atoms with Crippen molar-refractivity contribution in [3.8, 4) is 0 Å². The summed E-state index contributed by atoms with van der Waals surface area (Å²) >= 11 is 0. The monoisotopic (exact) mass is 234 g/mol. The van der Waals surface area contributed by atoms with E-state index in [0.717, 1.165) is 0 Å². The molecule has 0 amide bonds. The second-order valence-corrected chi connectivity index (χ2v) is 4.52. The zero-order chi connectivity index (χ0) is 12.8. The molecule has 1 aromatic rings. The zero-order valence-electron chi connectivity index (χ0n) is 10.2. The Morgan fingerprint density at radius 2 is 1.76 bits per heavy atom. The normalized spacial score (nSPS) is 12.4. The van der Waals surface area contributed by atoms with E-state index in [0.29, 0.717) is 18.4 Å². The maximum absolute atomic E-state index is 11.8. The van der Waals surface area contributed by atoms with Crippen LogP contribution in [0.15, 0.2) is 30.3 Å². The lowest BCUT2D eigenvalue weighted by molar-refractivity contribution is -0.143. The number of hydrogen-bond acceptors (Lipinski definition) is 2. The lowest BCUT2D eigenvalue weighted by Gasteiger charge is -2.15. The van der Waals surface area contributed by atoms with Crippen molar-refractivity contribution in [2.45, 2.75) is 26.7 Å². The molecule has 92 valence electrons. The summed E-state index contributed by atoms with van der Waals surface area (Å²) in [6.07, 6.45) is 0.694. The van der Waals surface area contributed by atoms with Gasteiger partial charge in [0.2, 0.25) is 0 Å². The van der Waals surface area contributed by atoms with Crippen molar-refractivity contribution < 1.29 is 14.7 Å². The SMILES string of the molecule is CC(C)[C@H](CCC(=O)c1ccccc1)C(=O)O. The Bertz CT molecular complexity index is 382. The highest BCUT2D eigenvalue weighted by Gasteiger charge is 2.22. The highest BCUT2D eigenvalue weighted by Crippen LogP contribution is 2.19. The number of carbonyl (C=O) groups is 2. The molecule has 0 spiro atoms. The second kappa shape index (κ2) is 6.18. The summed E-state index contributed by atoms with van der Waals surface area (Å²) < 4.78 is 0. The van der Waals surface area contributed by atoms with Crippen LogP contribution in [0.3, 0.4) is 0 Å². The molecule has 0 saturated carbocycles. The fourth-order valence-electron chi connectivity index (χ4n) is 1.80. The number of hydrogen-bond donors (Lipinski definition) is 1. The second-order valence-electron chi connectivity index (χ2n) is 4.52. The van der Waals surface area contributed by atoms with E-state index in [4.69, 9.17) is 5.11 Å². The average Bonchev–Trinajstić information content (AvgIpc) is 2.29. The minimum absolute atomic E-state index is 0.0116. The smallest absolute Gasteiger partial charge is 0.306 e. The Kier molecular flexibility index (Phi) is 4.88. The fraction of sp³-hybridized carbons (Fsp3) is 0.429. The van der Waals surface area contributed by atoms with Gasteiger partial charge in [-0.15, -0.1) is 0 Å². The summed E-state index contributed by atoms with van der Waals surface area (Å²) in [4.78, 5) is 22.8. The van der Waals surface area contributed by atoms with Gasteiger partial charge >= 0.3 is 5.97 Å². The molecule has 1 N–H and O–H groups in total. The average molecular weight is 234 g/mol. The van der Waals surface area contributed by atoms with Gasteiger partial charge in [0.1, 0.15) is 0 Å². The lowest BCUT2D eigenvalue weighted by atomic mass is 9.89. The van der Waals surface area contributed by atoms with Crippen LogP contribution in [0, 0.1) is 11.8 Å². The quantitative estimate of drug-likeness (QED) is 0.770. The van der Waals surface area contributed by atoms with Gasteiger partial charge in [0.15, 0.2) is 5.78 Å². The molecule has 0 saturated heterocycles. The fourth-order valence-corrected chi connectivity index (χ4v) is 1.80. The minimum Gasteiger partial charge on any atom is -0.481 e. The molecule has 1 rings (SSSR count). The van der Waals surface area contributed by atoms with Gasteiger partial charge in [0.25, 0.3) is 0 Å². The molecule has 0 heterocycles. The van der Waals surface area contributed by atoms with Crippen molar-refractivity contribution in [2.24, 2.45) is 11.8 Å². The summed E-state index contributed by atoms with van der Waals surface area (Å²) in [5.74, 6) is -1.20. The Hall–Kier alpha value is -1.64. The van der Waals surface area contributed by atoms with Crippen LogP contribution in [-0.4, -0.2) is 16.9 Å². The van der Waals surface area contributed by atoms with E-state index >= 15 is 0 Å². The van der Waals surface area contributed by atoms with Crippen LogP contribution in [0.5, 0.6) is 0 Å². The van der Waals surface area contributed by atoms with Crippen LogP contribution in [0.4, 0.5) is 0 Å². The molecular weight excluding hydrogens is 216 g/mol. The van der Waals surface area contributed by atoms with E-state index in [2.05, 4.69) is 0 Å². The van der Waals surface area contributed by atoms with E-state index in [9.17, 15) is 9.59 Å². The first-order chi connectivity index (χ1) is 8.02. The molecule has 17 heavy (non-hydrogen) atoms. The molecule has 1 atom stereocenters. The van der Waals surface area contributed by atoms with E-state index < -0.39 is 11.9 Å². The molecular formula is C14H18O3. The van der Waals surface area contributed by atoms with Gasteiger partial charge in [-0.25, -0.2) is 0 Å². The Labute approximate surface area is 101 Å². The minimum atomic E-state index is -0.819. The van der Waals surface area contributed by atoms with Crippen LogP contribution < -0.4 is 0 Å². The first-order valence-corrected chi connectivity index (χ1v) is 5.83. The summed E-state index contributed by atoms with van der Waals surface area (Å²) in [5.41, 5.74) is 0.653. The molecule has 0 aliphatic rings. The Morgan fingerprint density at radius 1 is 1.18 bits per heavy atom. The lowest BCUT2D eigenvalue weighted by Crippen LogP contribution is -2.20. The first-order valence-electron chi connectivity index (χ1n) is 5.83. The third-order valence-electron chi connectivity index (χ3n) is 2.90. The van der Waals surface area contributed by atoms with Gasteiger partial charge < -0.3 is 5.11 Å². The number of carboxylic acid groups (broad SMARTS) is 1. The number of carboxylic acids is 1. The maximum atomic E-state index is 11.8. The third-order valence-corrected chi connectivity index (χ3v) is 2.90. The number of aliphatic carboxylic acids is 1. The van der Waals surface area contributed by atoms with Crippen LogP contribution >= 0.6 is 0 Å². The summed E-state index contributed by atoms with van der Waals surface area (Å²) in [6, 6.07) is 8.99. The number of carbonyl (C=O) groups excluding carboxylic acids is 1. The Balaban J connectivity index is 2.56. The highest BCUT2D eigenvalue weighted by atomic mass is 16.4. The third kappa shape index (κ3) is 4.02. The van der Waals surface area contributed by atoms with Gasteiger partial charge in [-0.1, -0.05) is 44.2 Å². The van der Waals surface area contributed by atoms with E-state index in [1.165, 1.54) is 0 Å². The molecule has 0 fully saturated rings. The summed E-state index contributed by atoms with van der Waals surface area (Å²) in [5, 5.41) is 9.02. The largest absolute Gasteiger partial charge is 0.481 e. The van der Waals surface area contributed by atoms with Gasteiger partial charge in [-0.2, -0.15) is 0 Å². The molecule has 1 aromatic carbocycles. The molecule has 0 bridgehead atoms. The van der Waals surface area contributed by atoms with Crippen molar-refractivity contribution in [1.82, 2.24) is 0 Å². The number of benzene rings is 1. The molecule has 0 aliphatic carbocycles. The summed E-state index contributed by atoms with van der Waals surface area (Å²) in [7, 11) is 0. The number of Topliss-reactive ketones (excluding diaryl/α,β-unsaturated/α-hetero) is 1. The van der Waals surface area contributed by atoms with Gasteiger partial charge in [0.05, 0.1) is 5.92 Å². The molecule has 0 unspecified atom stereocenters. The molecule has 0 radical (unpaired) electrons. The number of ketones is 1. The topological polar surface area (TPSA) is 54.4 Å². The zero-order valence-corrected chi connectivity index (χ0v) is 10.2. The van der Waals surface area contributed by atoms with Crippen molar-refractivity contribution in [2.75, 3.05) is 0 Å². The van der Waals surface area contributed by atoms with Crippen molar-refractivity contribution in [3.05, 3.63) is 35.9 Å². The molecule has 3 heteroatoms. The summed E-state index contributed by atoms with van der Waals surface area (Å²) in [6.45, 7) is 3.73. The van der Waals surface area contributed by atoms with Crippen molar-refractivity contribution >= 4 is 11.8 Å². The van der Waals surface area contributed by atoms with Gasteiger partial charge in [-0.3, -0.25) is 9.59 Å². The van der Waals surface area contributed by atoms with Crippen LogP contribution in [0.25, 0.3) is 0 Å². The molecule has 0 aromatic heterocycles. The first kappa shape index (κ1) is 13.4. The van der Waals surface area contributed by atoms with Gasteiger partial charge in [0, 0.05) is 12.0 Å². The number of rotatable bonds is 6. The van der Waals surface area contributed by atoms with E-state index in [1.54, 1.807) is 12.1 Å². The van der Waals surface area contributed by atoms with Crippen LogP contribution in [-0.2, 0) is 4.79 Å². The maximum Gasteiger partial charge on any atom is 0.306 e. The van der Waals surface area contributed by atoms with Crippen LogP contribution in [0.1, 0.15) is 37.0 Å². The Morgan fingerprint density at radius 3 is 2.24 bits per heavy atom. The predicted molar refractivity (Wildman–Crippen MR) is 66.0 cm³/mol. The van der Waals surface area contributed by atoms with Crippen molar-refractivity contribution in [3.63, 3.8) is 0 Å². The molecule has 3 nitrogen and oxygen atoms in total. The van der Waals surface area contributed by atoms with Gasteiger partial charge in [-0.05, 0) is 12.3 Å². The van der Waals surface area contributed by atoms with E-state index in [1.807, 2.05) is 32.0 Å². The van der Waals surface area contributed by atoms with Crippen LogP contribution in [0.2, 0.25) is 0 Å². The standard InChI is InChI=1S/C14H18O3/c1-10(2)12(14(16)17)8-9-13(15)11-6-4-3-5-7-11/h3-7,10,12H,8-9H2,1-2H3,(H,16,17)/t12-/m0/s1. The molecule has 0 aliphatic heterocycles. The highest BCUT2D eigenvalue weighted by molar-refractivity contribution is 5.96. The van der Waals surface area contributed by atoms with E-state index in [-0.39, 0.29) is 11.7 Å². The van der Waals surface area contributed by atoms with Crippen molar-refractivity contribution in [1.29, 1.82) is 0 Å².